The Morgan fingerprint density at radius 1 is 1.04 bits per heavy atom. The molecule has 9 heteroatoms. The van der Waals surface area contributed by atoms with Crippen LogP contribution in [0.5, 0.6) is 0 Å². The molecule has 150 valence electrons. The van der Waals surface area contributed by atoms with Gasteiger partial charge in [0.2, 0.25) is 15.9 Å². The molecule has 1 atom stereocenters. The van der Waals surface area contributed by atoms with Crippen molar-refractivity contribution in [3.8, 4) is 0 Å². The average Bonchev–Trinajstić information content (AvgIpc) is 2.61. The van der Waals surface area contributed by atoms with Gasteiger partial charge in [-0.3, -0.25) is 9.59 Å². The Kier molecular flexibility index (Phi) is 7.17. The first kappa shape index (κ1) is 21.9. The maximum atomic E-state index is 12.7. The smallest absolute Gasteiger partial charge is 0.251 e. The third kappa shape index (κ3) is 6.33. The number of primary sulfonamides is 1. The van der Waals surface area contributed by atoms with E-state index >= 15 is 0 Å². The molecule has 0 radical (unpaired) electrons. The van der Waals surface area contributed by atoms with Gasteiger partial charge in [0.25, 0.3) is 5.91 Å². The second kappa shape index (κ2) is 9.18. The zero-order valence-electron chi connectivity index (χ0n) is 15.5. The minimum Gasteiger partial charge on any atom is -0.340 e. The topological polar surface area (TPSA) is 118 Å². The highest BCUT2D eigenvalue weighted by Crippen LogP contribution is 2.15. The number of nitrogens with two attached hydrogens (primary N) is 1. The second-order valence-electron chi connectivity index (χ2n) is 6.72. The zero-order chi connectivity index (χ0) is 20.9. The van der Waals surface area contributed by atoms with E-state index in [2.05, 4.69) is 10.6 Å². The SMILES string of the molecule is CC(C)C[C@@H](NC(=O)c1ccc(Cl)cc1)C(=O)Nc1ccc(S(N)(=O)=O)cc1. The molecule has 2 aromatic rings. The molecule has 0 aliphatic carbocycles. The Morgan fingerprint density at radius 2 is 1.61 bits per heavy atom. The number of rotatable bonds is 7. The minimum atomic E-state index is -3.81. The number of sulfonamides is 1. The second-order valence-corrected chi connectivity index (χ2v) is 8.72. The Hall–Kier alpha value is -2.42. The van der Waals surface area contributed by atoms with Crippen LogP contribution in [0.25, 0.3) is 0 Å². The van der Waals surface area contributed by atoms with Gasteiger partial charge in [-0.2, -0.15) is 0 Å². The van der Waals surface area contributed by atoms with E-state index in [1.807, 2.05) is 13.8 Å². The summed E-state index contributed by atoms with van der Waals surface area (Å²) in [6, 6.07) is 11.1. The van der Waals surface area contributed by atoms with Crippen molar-refractivity contribution in [1.29, 1.82) is 0 Å². The maximum Gasteiger partial charge on any atom is 0.251 e. The molecule has 0 heterocycles. The van der Waals surface area contributed by atoms with Gasteiger partial charge in [0.15, 0.2) is 0 Å². The maximum absolute atomic E-state index is 12.7. The van der Waals surface area contributed by atoms with Crippen molar-refractivity contribution in [2.24, 2.45) is 11.1 Å². The first-order valence-corrected chi connectivity index (χ1v) is 10.5. The number of carbonyl (C=O) groups is 2. The van der Waals surface area contributed by atoms with Gasteiger partial charge in [0.1, 0.15) is 6.04 Å². The van der Waals surface area contributed by atoms with Crippen LogP contribution < -0.4 is 15.8 Å². The van der Waals surface area contributed by atoms with Crippen molar-refractivity contribution in [3.63, 3.8) is 0 Å². The van der Waals surface area contributed by atoms with Crippen LogP contribution in [0.1, 0.15) is 30.6 Å². The number of halogens is 1. The molecule has 0 spiro atoms. The molecular weight excluding hydrogens is 402 g/mol. The van der Waals surface area contributed by atoms with Crippen LogP contribution in [0.4, 0.5) is 5.69 Å². The van der Waals surface area contributed by atoms with Crippen LogP contribution in [0.2, 0.25) is 5.02 Å². The molecule has 0 aromatic heterocycles. The van der Waals surface area contributed by atoms with Crippen molar-refractivity contribution in [2.45, 2.75) is 31.2 Å². The predicted molar refractivity (Wildman–Crippen MR) is 109 cm³/mol. The largest absolute Gasteiger partial charge is 0.340 e. The van der Waals surface area contributed by atoms with Crippen molar-refractivity contribution < 1.29 is 18.0 Å². The fraction of sp³-hybridized carbons (Fsp3) is 0.263. The zero-order valence-corrected chi connectivity index (χ0v) is 17.0. The predicted octanol–water partition coefficient (Wildman–Crippen LogP) is 2.77. The van der Waals surface area contributed by atoms with Crippen molar-refractivity contribution >= 4 is 39.1 Å². The van der Waals surface area contributed by atoms with E-state index in [1.54, 1.807) is 24.3 Å². The molecule has 0 aliphatic rings. The van der Waals surface area contributed by atoms with Crippen LogP contribution in [-0.2, 0) is 14.8 Å². The highest BCUT2D eigenvalue weighted by atomic mass is 35.5. The third-order valence-corrected chi connectivity index (χ3v) is 5.07. The lowest BCUT2D eigenvalue weighted by molar-refractivity contribution is -0.118. The molecule has 28 heavy (non-hydrogen) atoms. The Bertz CT molecular complexity index is 942. The average molecular weight is 424 g/mol. The van der Waals surface area contributed by atoms with Crippen molar-refractivity contribution in [3.05, 3.63) is 59.1 Å². The van der Waals surface area contributed by atoms with E-state index in [4.69, 9.17) is 16.7 Å². The van der Waals surface area contributed by atoms with Crippen LogP contribution >= 0.6 is 11.6 Å². The normalized spacial score (nSPS) is 12.5. The van der Waals surface area contributed by atoms with Crippen molar-refractivity contribution in [1.82, 2.24) is 5.32 Å². The first-order valence-electron chi connectivity index (χ1n) is 8.56. The molecule has 0 bridgehead atoms. The monoisotopic (exact) mass is 423 g/mol. The molecule has 2 rings (SSSR count). The number of anilines is 1. The number of carbonyl (C=O) groups excluding carboxylic acids is 2. The van der Waals surface area contributed by atoms with Gasteiger partial charge >= 0.3 is 0 Å². The lowest BCUT2D eigenvalue weighted by atomic mass is 10.0. The van der Waals surface area contributed by atoms with E-state index in [-0.39, 0.29) is 16.7 Å². The molecule has 2 aromatic carbocycles. The summed E-state index contributed by atoms with van der Waals surface area (Å²) in [5.41, 5.74) is 0.787. The number of hydrogen-bond acceptors (Lipinski definition) is 4. The van der Waals surface area contributed by atoms with Crippen LogP contribution in [-0.4, -0.2) is 26.3 Å². The number of amides is 2. The van der Waals surface area contributed by atoms with E-state index in [1.165, 1.54) is 24.3 Å². The summed E-state index contributed by atoms with van der Waals surface area (Å²) in [6.45, 7) is 3.88. The molecule has 0 unspecified atom stereocenters. The lowest BCUT2D eigenvalue weighted by Crippen LogP contribution is -2.44. The molecule has 0 saturated heterocycles. The third-order valence-electron chi connectivity index (χ3n) is 3.89. The number of benzene rings is 2. The summed E-state index contributed by atoms with van der Waals surface area (Å²) in [5, 5.41) is 11.0. The van der Waals surface area contributed by atoms with E-state index in [0.717, 1.165) is 0 Å². The van der Waals surface area contributed by atoms with E-state index < -0.39 is 22.0 Å². The van der Waals surface area contributed by atoms with Gasteiger partial charge in [-0.1, -0.05) is 25.4 Å². The summed E-state index contributed by atoms with van der Waals surface area (Å²) in [5.74, 6) is -0.632. The number of nitrogens with one attached hydrogen (secondary N) is 2. The number of hydrogen-bond donors (Lipinski definition) is 3. The van der Waals surface area contributed by atoms with Crippen LogP contribution in [0, 0.1) is 5.92 Å². The minimum absolute atomic E-state index is 0.0553. The van der Waals surface area contributed by atoms with Crippen molar-refractivity contribution in [2.75, 3.05) is 5.32 Å². The van der Waals surface area contributed by atoms with Gasteiger partial charge in [-0.05, 0) is 60.9 Å². The quantitative estimate of drug-likeness (QED) is 0.634. The fourth-order valence-corrected chi connectivity index (χ4v) is 3.14. The van der Waals surface area contributed by atoms with Gasteiger partial charge < -0.3 is 10.6 Å². The Labute approximate surface area is 169 Å². The standard InChI is InChI=1S/C19H22ClN3O4S/c1-12(2)11-17(23-18(24)13-3-5-14(20)6-4-13)19(25)22-15-7-9-16(10-8-15)28(21,26)27/h3-10,12,17H,11H2,1-2H3,(H,22,25)(H,23,24)(H2,21,26,27)/t17-/m1/s1. The van der Waals surface area contributed by atoms with Gasteiger partial charge in [-0.25, -0.2) is 13.6 Å². The summed E-state index contributed by atoms with van der Waals surface area (Å²) in [4.78, 5) is 25.1. The molecule has 0 aliphatic heterocycles. The van der Waals surface area contributed by atoms with Crippen LogP contribution in [0.15, 0.2) is 53.4 Å². The summed E-state index contributed by atoms with van der Waals surface area (Å²) in [6.07, 6.45) is 0.431. The highest BCUT2D eigenvalue weighted by Gasteiger charge is 2.23. The van der Waals surface area contributed by atoms with Gasteiger partial charge in [0.05, 0.1) is 4.90 Å². The first-order chi connectivity index (χ1) is 13.1. The molecular formula is C19H22ClN3O4S. The molecule has 0 fully saturated rings. The molecule has 0 saturated carbocycles. The summed E-state index contributed by atoms with van der Waals surface area (Å²) >= 11 is 5.83. The highest BCUT2D eigenvalue weighted by molar-refractivity contribution is 7.89. The molecule has 7 nitrogen and oxygen atoms in total. The Morgan fingerprint density at radius 3 is 2.11 bits per heavy atom. The summed E-state index contributed by atoms with van der Waals surface area (Å²) < 4.78 is 22.6. The summed E-state index contributed by atoms with van der Waals surface area (Å²) in [7, 11) is -3.81. The lowest BCUT2D eigenvalue weighted by Gasteiger charge is -2.20. The molecule has 4 N–H and O–H groups in total. The fourth-order valence-electron chi connectivity index (χ4n) is 2.50. The van der Waals surface area contributed by atoms with Crippen LogP contribution in [0.3, 0.4) is 0 Å². The van der Waals surface area contributed by atoms with Gasteiger partial charge in [-0.15, -0.1) is 0 Å². The Balaban J connectivity index is 2.12. The molecule has 2 amide bonds. The van der Waals surface area contributed by atoms with E-state index in [0.29, 0.717) is 22.7 Å². The van der Waals surface area contributed by atoms with Gasteiger partial charge in [0, 0.05) is 16.3 Å². The van der Waals surface area contributed by atoms with E-state index in [9.17, 15) is 18.0 Å².